The maximum atomic E-state index is 12.0. The summed E-state index contributed by atoms with van der Waals surface area (Å²) in [6.45, 7) is 2.75. The van der Waals surface area contributed by atoms with Gasteiger partial charge in [-0.15, -0.1) is 0 Å². The number of para-hydroxylation sites is 1. The van der Waals surface area contributed by atoms with Crippen LogP contribution < -0.4 is 15.8 Å². The molecule has 0 atom stereocenters. The maximum absolute atomic E-state index is 12.0. The molecule has 0 aliphatic carbocycles. The molecule has 0 radical (unpaired) electrons. The minimum Gasteiger partial charge on any atom is -0.494 e. The first kappa shape index (κ1) is 14.9. The summed E-state index contributed by atoms with van der Waals surface area (Å²) < 4.78 is 5.50. The standard InChI is InChI=1S/C17H20N2O2/c1-2-11-21-15-9-7-14(8-10-15)19-17(20)12-13-5-3-4-6-16(13)18/h3-10H,2,11-12,18H2,1H3,(H,19,20). The average molecular weight is 284 g/mol. The Kier molecular flexibility index (Phi) is 5.21. The minimum absolute atomic E-state index is 0.0878. The number of anilines is 2. The van der Waals surface area contributed by atoms with Crippen molar-refractivity contribution in [3.63, 3.8) is 0 Å². The summed E-state index contributed by atoms with van der Waals surface area (Å²) in [6, 6.07) is 14.7. The Labute approximate surface area is 124 Å². The van der Waals surface area contributed by atoms with Crippen molar-refractivity contribution in [1.82, 2.24) is 0 Å². The van der Waals surface area contributed by atoms with Crippen LogP contribution in [0.5, 0.6) is 5.75 Å². The van der Waals surface area contributed by atoms with E-state index >= 15 is 0 Å². The molecule has 0 fully saturated rings. The highest BCUT2D eigenvalue weighted by molar-refractivity contribution is 5.93. The van der Waals surface area contributed by atoms with Crippen LogP contribution in [0.4, 0.5) is 11.4 Å². The van der Waals surface area contributed by atoms with Gasteiger partial charge in [-0.3, -0.25) is 4.79 Å². The number of nitrogen functional groups attached to an aromatic ring is 1. The molecule has 4 nitrogen and oxygen atoms in total. The van der Waals surface area contributed by atoms with Crippen molar-refractivity contribution in [2.24, 2.45) is 0 Å². The molecule has 110 valence electrons. The van der Waals surface area contributed by atoms with E-state index in [-0.39, 0.29) is 12.3 Å². The summed E-state index contributed by atoms with van der Waals surface area (Å²) in [7, 11) is 0. The number of nitrogens with two attached hydrogens (primary N) is 1. The monoisotopic (exact) mass is 284 g/mol. The van der Waals surface area contributed by atoms with E-state index in [9.17, 15) is 4.79 Å². The molecule has 0 saturated heterocycles. The molecule has 0 heterocycles. The lowest BCUT2D eigenvalue weighted by molar-refractivity contribution is -0.115. The predicted molar refractivity (Wildman–Crippen MR) is 85.4 cm³/mol. The van der Waals surface area contributed by atoms with E-state index < -0.39 is 0 Å². The molecular weight excluding hydrogens is 264 g/mol. The van der Waals surface area contributed by atoms with Crippen molar-refractivity contribution in [3.8, 4) is 5.75 Å². The number of benzene rings is 2. The van der Waals surface area contributed by atoms with Gasteiger partial charge in [0.15, 0.2) is 0 Å². The van der Waals surface area contributed by atoms with Crippen molar-refractivity contribution < 1.29 is 9.53 Å². The van der Waals surface area contributed by atoms with Crippen molar-refractivity contribution in [3.05, 3.63) is 54.1 Å². The molecule has 0 saturated carbocycles. The van der Waals surface area contributed by atoms with Crippen LogP contribution >= 0.6 is 0 Å². The van der Waals surface area contributed by atoms with Gasteiger partial charge in [0, 0.05) is 11.4 Å². The SMILES string of the molecule is CCCOc1ccc(NC(=O)Cc2ccccc2N)cc1. The third kappa shape index (κ3) is 4.53. The first-order valence-corrected chi connectivity index (χ1v) is 7.05. The number of rotatable bonds is 6. The van der Waals surface area contributed by atoms with Crippen LogP contribution in [-0.4, -0.2) is 12.5 Å². The van der Waals surface area contributed by atoms with Gasteiger partial charge in [0.05, 0.1) is 13.0 Å². The van der Waals surface area contributed by atoms with E-state index in [2.05, 4.69) is 12.2 Å². The number of carbonyl (C=O) groups excluding carboxylic acids is 1. The Morgan fingerprint density at radius 1 is 1.14 bits per heavy atom. The van der Waals surface area contributed by atoms with E-state index in [1.54, 1.807) is 6.07 Å². The van der Waals surface area contributed by atoms with Crippen LogP contribution in [0.1, 0.15) is 18.9 Å². The third-order valence-electron chi connectivity index (χ3n) is 3.02. The molecule has 1 amide bonds. The lowest BCUT2D eigenvalue weighted by Gasteiger charge is -2.08. The van der Waals surface area contributed by atoms with Gasteiger partial charge >= 0.3 is 0 Å². The Hall–Kier alpha value is -2.49. The Morgan fingerprint density at radius 3 is 2.52 bits per heavy atom. The van der Waals surface area contributed by atoms with E-state index in [1.165, 1.54) is 0 Å². The molecule has 0 unspecified atom stereocenters. The Bertz CT molecular complexity index is 594. The molecule has 2 aromatic rings. The number of amides is 1. The summed E-state index contributed by atoms with van der Waals surface area (Å²) in [6.07, 6.45) is 1.23. The van der Waals surface area contributed by atoms with Gasteiger partial charge in [0.1, 0.15) is 5.75 Å². The predicted octanol–water partition coefficient (Wildman–Crippen LogP) is 3.24. The summed E-state index contributed by atoms with van der Waals surface area (Å²) in [5.74, 6) is 0.720. The zero-order chi connectivity index (χ0) is 15.1. The first-order chi connectivity index (χ1) is 10.2. The van der Waals surface area contributed by atoms with Crippen LogP contribution in [-0.2, 0) is 11.2 Å². The summed E-state index contributed by atoms with van der Waals surface area (Å²) in [5.41, 5.74) is 8.05. The molecule has 2 rings (SSSR count). The van der Waals surface area contributed by atoms with Gasteiger partial charge in [-0.2, -0.15) is 0 Å². The molecule has 0 aliphatic heterocycles. The average Bonchev–Trinajstić information content (AvgIpc) is 2.49. The molecule has 0 aromatic heterocycles. The zero-order valence-corrected chi connectivity index (χ0v) is 12.1. The lowest BCUT2D eigenvalue weighted by atomic mass is 10.1. The molecule has 0 bridgehead atoms. The van der Waals surface area contributed by atoms with E-state index in [4.69, 9.17) is 10.5 Å². The topological polar surface area (TPSA) is 64.3 Å². The fourth-order valence-corrected chi connectivity index (χ4v) is 1.93. The van der Waals surface area contributed by atoms with Crippen molar-refractivity contribution in [2.75, 3.05) is 17.7 Å². The second-order valence-corrected chi connectivity index (χ2v) is 4.80. The van der Waals surface area contributed by atoms with Gasteiger partial charge < -0.3 is 15.8 Å². The molecular formula is C17H20N2O2. The molecule has 4 heteroatoms. The Balaban J connectivity index is 1.92. The van der Waals surface area contributed by atoms with E-state index in [0.29, 0.717) is 12.3 Å². The number of ether oxygens (including phenoxy) is 1. The van der Waals surface area contributed by atoms with Gasteiger partial charge in [0.25, 0.3) is 0 Å². The van der Waals surface area contributed by atoms with Crippen LogP contribution in [0.3, 0.4) is 0 Å². The fourth-order valence-electron chi connectivity index (χ4n) is 1.93. The summed E-state index contributed by atoms with van der Waals surface area (Å²) in [5, 5.41) is 2.85. The van der Waals surface area contributed by atoms with E-state index in [0.717, 1.165) is 23.4 Å². The largest absolute Gasteiger partial charge is 0.494 e. The number of hydrogen-bond donors (Lipinski definition) is 2. The lowest BCUT2D eigenvalue weighted by Crippen LogP contribution is -2.15. The molecule has 2 aromatic carbocycles. The highest BCUT2D eigenvalue weighted by Gasteiger charge is 2.06. The number of carbonyl (C=O) groups is 1. The van der Waals surface area contributed by atoms with Crippen molar-refractivity contribution in [1.29, 1.82) is 0 Å². The van der Waals surface area contributed by atoms with Crippen LogP contribution in [0.15, 0.2) is 48.5 Å². The number of hydrogen-bond acceptors (Lipinski definition) is 3. The quantitative estimate of drug-likeness (QED) is 0.800. The van der Waals surface area contributed by atoms with Gasteiger partial charge in [0.2, 0.25) is 5.91 Å². The highest BCUT2D eigenvalue weighted by Crippen LogP contribution is 2.17. The molecule has 0 spiro atoms. The fraction of sp³-hybridized carbons (Fsp3) is 0.235. The normalized spacial score (nSPS) is 10.1. The smallest absolute Gasteiger partial charge is 0.228 e. The highest BCUT2D eigenvalue weighted by atomic mass is 16.5. The summed E-state index contributed by atoms with van der Waals surface area (Å²) in [4.78, 5) is 12.0. The van der Waals surface area contributed by atoms with Gasteiger partial charge in [-0.1, -0.05) is 25.1 Å². The molecule has 0 aliphatic rings. The van der Waals surface area contributed by atoms with Crippen molar-refractivity contribution >= 4 is 17.3 Å². The maximum Gasteiger partial charge on any atom is 0.228 e. The molecule has 3 N–H and O–H groups in total. The molecule has 21 heavy (non-hydrogen) atoms. The summed E-state index contributed by atoms with van der Waals surface area (Å²) >= 11 is 0. The minimum atomic E-state index is -0.0878. The van der Waals surface area contributed by atoms with Gasteiger partial charge in [-0.05, 0) is 42.3 Å². The van der Waals surface area contributed by atoms with Crippen LogP contribution in [0.2, 0.25) is 0 Å². The Morgan fingerprint density at radius 2 is 1.86 bits per heavy atom. The second-order valence-electron chi connectivity index (χ2n) is 4.80. The van der Waals surface area contributed by atoms with Crippen LogP contribution in [0, 0.1) is 0 Å². The number of nitrogens with one attached hydrogen (secondary N) is 1. The van der Waals surface area contributed by atoms with E-state index in [1.807, 2.05) is 42.5 Å². The first-order valence-electron chi connectivity index (χ1n) is 7.05. The zero-order valence-electron chi connectivity index (χ0n) is 12.1. The van der Waals surface area contributed by atoms with Gasteiger partial charge in [-0.25, -0.2) is 0 Å². The second kappa shape index (κ2) is 7.33. The van der Waals surface area contributed by atoms with Crippen LogP contribution in [0.25, 0.3) is 0 Å². The third-order valence-corrected chi connectivity index (χ3v) is 3.02. The van der Waals surface area contributed by atoms with Crippen molar-refractivity contribution in [2.45, 2.75) is 19.8 Å².